The smallest absolute Gasteiger partial charge is 0.244 e. The number of ether oxygens (including phenoxy) is 1. The molecule has 0 aromatic carbocycles. The quantitative estimate of drug-likeness (QED) is 0.890. The van der Waals surface area contributed by atoms with Gasteiger partial charge >= 0.3 is 0 Å². The van der Waals surface area contributed by atoms with Crippen molar-refractivity contribution in [3.8, 4) is 5.88 Å². The van der Waals surface area contributed by atoms with Crippen molar-refractivity contribution in [2.75, 3.05) is 20.2 Å². The first kappa shape index (κ1) is 15.2. The van der Waals surface area contributed by atoms with E-state index >= 15 is 0 Å². The molecule has 112 valence electrons. The number of methoxy groups -OCH3 is 1. The summed E-state index contributed by atoms with van der Waals surface area (Å²) < 4.78 is 31.8. The lowest BCUT2D eigenvalue weighted by atomic mass is 9.93. The molecule has 0 aliphatic carbocycles. The van der Waals surface area contributed by atoms with E-state index in [0.29, 0.717) is 19.0 Å². The topological polar surface area (TPSA) is 85.5 Å². The fraction of sp³-hybridized carbons (Fsp3) is 0.615. The Morgan fingerprint density at radius 2 is 2.25 bits per heavy atom. The number of hydrogen-bond donors (Lipinski definition) is 1. The minimum atomic E-state index is -3.55. The molecule has 0 amide bonds. The first-order chi connectivity index (χ1) is 9.50. The van der Waals surface area contributed by atoms with Crippen molar-refractivity contribution in [2.24, 2.45) is 11.7 Å². The number of sulfonamides is 1. The molecule has 1 aromatic rings. The van der Waals surface area contributed by atoms with Crippen molar-refractivity contribution in [1.82, 2.24) is 9.29 Å². The Labute approximate surface area is 120 Å². The first-order valence-corrected chi connectivity index (χ1v) is 8.16. The van der Waals surface area contributed by atoms with Gasteiger partial charge in [-0.15, -0.1) is 0 Å². The molecular weight excluding hydrogens is 278 g/mol. The van der Waals surface area contributed by atoms with Gasteiger partial charge in [0.25, 0.3) is 0 Å². The summed E-state index contributed by atoms with van der Waals surface area (Å²) in [5, 5.41) is 0. The Bertz CT molecular complexity index is 544. The van der Waals surface area contributed by atoms with Crippen LogP contribution < -0.4 is 10.5 Å². The minimum absolute atomic E-state index is 0.143. The molecule has 1 saturated heterocycles. The van der Waals surface area contributed by atoms with Gasteiger partial charge in [-0.05, 0) is 24.8 Å². The highest BCUT2D eigenvalue weighted by atomic mass is 32.2. The third kappa shape index (κ3) is 2.79. The first-order valence-electron chi connectivity index (χ1n) is 6.72. The molecule has 6 nitrogen and oxygen atoms in total. The average Bonchev–Trinajstić information content (AvgIpc) is 2.47. The highest BCUT2D eigenvalue weighted by molar-refractivity contribution is 7.89. The maximum Gasteiger partial charge on any atom is 0.244 e. The highest BCUT2D eigenvalue weighted by Crippen LogP contribution is 2.28. The van der Waals surface area contributed by atoms with Crippen molar-refractivity contribution in [2.45, 2.75) is 30.7 Å². The molecule has 2 unspecified atom stereocenters. The summed E-state index contributed by atoms with van der Waals surface area (Å²) in [6.45, 7) is 2.90. The van der Waals surface area contributed by atoms with Crippen LogP contribution in [0.3, 0.4) is 0 Å². The van der Waals surface area contributed by atoms with Gasteiger partial charge in [0.1, 0.15) is 4.90 Å². The molecule has 0 bridgehead atoms. The van der Waals surface area contributed by atoms with Crippen LogP contribution in [0.4, 0.5) is 0 Å². The maximum absolute atomic E-state index is 12.7. The summed E-state index contributed by atoms with van der Waals surface area (Å²) in [6, 6.07) is 2.93. The second kappa shape index (κ2) is 6.07. The van der Waals surface area contributed by atoms with E-state index in [1.165, 1.54) is 23.7 Å². The normalized spacial score (nSPS) is 24.6. The predicted octanol–water partition coefficient (Wildman–Crippen LogP) is 0.838. The number of nitrogens with two attached hydrogens (primary N) is 1. The van der Waals surface area contributed by atoms with Gasteiger partial charge in [-0.1, -0.05) is 6.92 Å². The molecule has 1 aromatic heterocycles. The molecule has 0 spiro atoms. The molecular formula is C13H21N3O3S. The number of nitrogens with zero attached hydrogens (tertiary/aromatic N) is 2. The van der Waals surface area contributed by atoms with Gasteiger partial charge in [-0.2, -0.15) is 4.31 Å². The van der Waals surface area contributed by atoms with E-state index in [0.717, 1.165) is 12.8 Å². The summed E-state index contributed by atoms with van der Waals surface area (Å²) in [5.41, 5.74) is 5.76. The molecule has 1 fully saturated rings. The van der Waals surface area contributed by atoms with Crippen LogP contribution in [0.25, 0.3) is 0 Å². The second-order valence-electron chi connectivity index (χ2n) is 5.07. The zero-order valence-electron chi connectivity index (χ0n) is 11.8. The van der Waals surface area contributed by atoms with Crippen molar-refractivity contribution >= 4 is 10.0 Å². The summed E-state index contributed by atoms with van der Waals surface area (Å²) >= 11 is 0. The van der Waals surface area contributed by atoms with E-state index < -0.39 is 10.0 Å². The van der Waals surface area contributed by atoms with Crippen LogP contribution in [0.2, 0.25) is 0 Å². The van der Waals surface area contributed by atoms with Crippen LogP contribution in [-0.4, -0.2) is 43.9 Å². The lowest BCUT2D eigenvalue weighted by molar-refractivity contribution is 0.192. The summed E-state index contributed by atoms with van der Waals surface area (Å²) in [6.07, 6.45) is 3.20. The molecule has 2 heterocycles. The number of hydrogen-bond acceptors (Lipinski definition) is 5. The Hall–Kier alpha value is -1.18. The third-order valence-electron chi connectivity index (χ3n) is 3.83. The van der Waals surface area contributed by atoms with Gasteiger partial charge in [0.2, 0.25) is 15.9 Å². The molecule has 0 saturated carbocycles. The van der Waals surface area contributed by atoms with E-state index in [9.17, 15) is 8.42 Å². The predicted molar refractivity (Wildman–Crippen MR) is 75.9 cm³/mol. The molecule has 1 aliphatic rings. The molecule has 1 aliphatic heterocycles. The number of aromatic nitrogens is 1. The average molecular weight is 299 g/mol. The van der Waals surface area contributed by atoms with Gasteiger partial charge in [0, 0.05) is 25.2 Å². The highest BCUT2D eigenvalue weighted by Gasteiger charge is 2.36. The molecule has 2 N–H and O–H groups in total. The van der Waals surface area contributed by atoms with Crippen molar-refractivity contribution in [1.29, 1.82) is 0 Å². The molecule has 2 atom stereocenters. The van der Waals surface area contributed by atoms with Crippen LogP contribution in [0.15, 0.2) is 23.2 Å². The molecule has 20 heavy (non-hydrogen) atoms. The lowest BCUT2D eigenvalue weighted by Gasteiger charge is -2.38. The largest absolute Gasteiger partial charge is 0.481 e. The van der Waals surface area contributed by atoms with Crippen LogP contribution in [-0.2, 0) is 10.0 Å². The SMILES string of the molecule is COc1ccc(S(=O)(=O)N2CCCC(C)C2CN)cn1. The van der Waals surface area contributed by atoms with Crippen LogP contribution in [0.1, 0.15) is 19.8 Å². The summed E-state index contributed by atoms with van der Waals surface area (Å²) in [4.78, 5) is 4.15. The molecule has 2 rings (SSSR count). The number of rotatable bonds is 4. The number of pyridine rings is 1. The van der Waals surface area contributed by atoms with Gasteiger partial charge in [-0.25, -0.2) is 13.4 Å². The molecule has 7 heteroatoms. The van der Waals surface area contributed by atoms with Crippen LogP contribution in [0.5, 0.6) is 5.88 Å². The fourth-order valence-electron chi connectivity index (χ4n) is 2.63. The van der Waals surface area contributed by atoms with E-state index in [1.807, 2.05) is 6.92 Å². The zero-order valence-corrected chi connectivity index (χ0v) is 12.6. The Morgan fingerprint density at radius 3 is 2.80 bits per heavy atom. The van der Waals surface area contributed by atoms with E-state index in [2.05, 4.69) is 4.98 Å². The van der Waals surface area contributed by atoms with Gasteiger partial charge in [0.05, 0.1) is 13.3 Å². The monoisotopic (exact) mass is 299 g/mol. The Balaban J connectivity index is 2.32. The Morgan fingerprint density at radius 1 is 1.50 bits per heavy atom. The van der Waals surface area contributed by atoms with Crippen molar-refractivity contribution < 1.29 is 13.2 Å². The van der Waals surface area contributed by atoms with Gasteiger partial charge in [-0.3, -0.25) is 0 Å². The van der Waals surface area contributed by atoms with E-state index in [4.69, 9.17) is 10.5 Å². The molecule has 0 radical (unpaired) electrons. The maximum atomic E-state index is 12.7. The fourth-order valence-corrected chi connectivity index (χ4v) is 4.35. The van der Waals surface area contributed by atoms with E-state index in [-0.39, 0.29) is 16.9 Å². The second-order valence-corrected chi connectivity index (χ2v) is 6.97. The number of piperidine rings is 1. The lowest BCUT2D eigenvalue weighted by Crippen LogP contribution is -2.51. The van der Waals surface area contributed by atoms with Crippen molar-refractivity contribution in [3.05, 3.63) is 18.3 Å². The van der Waals surface area contributed by atoms with Crippen LogP contribution in [0, 0.1) is 5.92 Å². The van der Waals surface area contributed by atoms with Crippen molar-refractivity contribution in [3.63, 3.8) is 0 Å². The summed E-state index contributed by atoms with van der Waals surface area (Å²) in [7, 11) is -2.05. The minimum Gasteiger partial charge on any atom is -0.481 e. The van der Waals surface area contributed by atoms with Crippen LogP contribution >= 0.6 is 0 Å². The third-order valence-corrected chi connectivity index (χ3v) is 5.74. The standard InChI is InChI=1S/C13H21N3O3S/c1-10-4-3-7-16(12(10)8-14)20(17,18)11-5-6-13(19-2)15-9-11/h5-6,9-10,12H,3-4,7-8,14H2,1-2H3. The zero-order chi connectivity index (χ0) is 14.8. The van der Waals surface area contributed by atoms with Gasteiger partial charge in [0.15, 0.2) is 0 Å². The van der Waals surface area contributed by atoms with Gasteiger partial charge < -0.3 is 10.5 Å². The summed E-state index contributed by atoms with van der Waals surface area (Å²) in [5.74, 6) is 0.668. The Kier molecular flexibility index (Phi) is 4.62. The van der Waals surface area contributed by atoms with E-state index in [1.54, 1.807) is 6.07 Å².